The predicted octanol–water partition coefficient (Wildman–Crippen LogP) is 1.75. The molecular weight excluding hydrogens is 240 g/mol. The number of pyridine rings is 1. The van der Waals surface area contributed by atoms with Crippen LogP contribution in [0.1, 0.15) is 50.4 Å². The van der Waals surface area contributed by atoms with Gasteiger partial charge in [0.1, 0.15) is 0 Å². The van der Waals surface area contributed by atoms with Crippen LogP contribution < -0.4 is 10.9 Å². The topological polar surface area (TPSA) is 65.1 Å². The van der Waals surface area contributed by atoms with Crippen molar-refractivity contribution in [2.24, 2.45) is 5.92 Å². The number of fused-ring (bicyclic) bond motifs is 1. The standard InChI is InChI=1S/C15H24N2O2/c1-10(2)8-11(18)9-16-13-4-3-5-14-12(13)6-7-15(19)17-14/h6-7,10-11,13,16,18H,3-5,8-9H2,1-2H3,(H,17,19). The first-order valence-corrected chi connectivity index (χ1v) is 7.20. The van der Waals surface area contributed by atoms with E-state index < -0.39 is 0 Å². The molecule has 1 aromatic rings. The highest BCUT2D eigenvalue weighted by Crippen LogP contribution is 2.27. The summed E-state index contributed by atoms with van der Waals surface area (Å²) >= 11 is 0. The van der Waals surface area contributed by atoms with Crippen molar-refractivity contribution in [1.29, 1.82) is 0 Å². The highest BCUT2D eigenvalue weighted by molar-refractivity contribution is 5.26. The molecule has 0 bridgehead atoms. The Hall–Kier alpha value is -1.13. The van der Waals surface area contributed by atoms with E-state index in [4.69, 9.17) is 0 Å². The molecule has 0 aromatic carbocycles. The zero-order chi connectivity index (χ0) is 13.8. The van der Waals surface area contributed by atoms with Gasteiger partial charge in [-0.2, -0.15) is 0 Å². The SMILES string of the molecule is CC(C)CC(O)CNC1CCCc2[nH]c(=O)ccc21. The maximum absolute atomic E-state index is 11.3. The number of aliphatic hydroxyl groups is 1. The maximum atomic E-state index is 11.3. The van der Waals surface area contributed by atoms with Crippen molar-refractivity contribution in [3.05, 3.63) is 33.7 Å². The van der Waals surface area contributed by atoms with Gasteiger partial charge >= 0.3 is 0 Å². The molecule has 1 aromatic heterocycles. The molecule has 0 spiro atoms. The van der Waals surface area contributed by atoms with Crippen LogP contribution in [-0.2, 0) is 6.42 Å². The summed E-state index contributed by atoms with van der Waals surface area (Å²) < 4.78 is 0. The molecule has 4 heteroatoms. The van der Waals surface area contributed by atoms with Gasteiger partial charge in [-0.1, -0.05) is 19.9 Å². The quantitative estimate of drug-likeness (QED) is 0.759. The number of nitrogens with one attached hydrogen (secondary N) is 2. The van der Waals surface area contributed by atoms with Gasteiger partial charge in [0.05, 0.1) is 6.10 Å². The lowest BCUT2D eigenvalue weighted by atomic mass is 9.91. The van der Waals surface area contributed by atoms with Gasteiger partial charge in [-0.05, 0) is 37.2 Å². The Morgan fingerprint density at radius 2 is 2.26 bits per heavy atom. The molecule has 0 saturated carbocycles. The fraction of sp³-hybridized carbons (Fsp3) is 0.667. The van der Waals surface area contributed by atoms with Gasteiger partial charge in [-0.25, -0.2) is 0 Å². The first-order valence-electron chi connectivity index (χ1n) is 7.20. The minimum absolute atomic E-state index is 0.0285. The number of H-pyrrole nitrogens is 1. The number of aliphatic hydroxyl groups excluding tert-OH is 1. The summed E-state index contributed by atoms with van der Waals surface area (Å²) in [6, 6.07) is 3.76. The van der Waals surface area contributed by atoms with E-state index in [1.807, 2.05) is 6.07 Å². The summed E-state index contributed by atoms with van der Waals surface area (Å²) in [5.41, 5.74) is 2.21. The number of aryl methyl sites for hydroxylation is 1. The van der Waals surface area contributed by atoms with Crippen LogP contribution in [0.3, 0.4) is 0 Å². The van der Waals surface area contributed by atoms with Crippen LogP contribution in [0.15, 0.2) is 16.9 Å². The zero-order valence-corrected chi connectivity index (χ0v) is 11.8. The second-order valence-corrected chi connectivity index (χ2v) is 5.89. The van der Waals surface area contributed by atoms with Gasteiger partial charge in [0.25, 0.3) is 0 Å². The summed E-state index contributed by atoms with van der Waals surface area (Å²) in [6.07, 6.45) is 3.60. The highest BCUT2D eigenvalue weighted by Gasteiger charge is 2.21. The van der Waals surface area contributed by atoms with E-state index in [0.29, 0.717) is 12.5 Å². The summed E-state index contributed by atoms with van der Waals surface area (Å²) in [5, 5.41) is 13.4. The normalized spacial score (nSPS) is 20.3. The van der Waals surface area contributed by atoms with Crippen molar-refractivity contribution < 1.29 is 5.11 Å². The van der Waals surface area contributed by atoms with Crippen molar-refractivity contribution in [3.63, 3.8) is 0 Å². The average Bonchev–Trinajstić information content (AvgIpc) is 2.35. The molecule has 19 heavy (non-hydrogen) atoms. The van der Waals surface area contributed by atoms with Gasteiger partial charge in [0, 0.05) is 24.3 Å². The second kappa shape index (κ2) is 6.35. The van der Waals surface area contributed by atoms with Crippen LogP contribution in [0.4, 0.5) is 0 Å². The molecule has 0 fully saturated rings. The van der Waals surface area contributed by atoms with Gasteiger partial charge in [-0.3, -0.25) is 4.79 Å². The molecule has 2 unspecified atom stereocenters. The van der Waals surface area contributed by atoms with E-state index in [0.717, 1.165) is 31.4 Å². The second-order valence-electron chi connectivity index (χ2n) is 5.89. The highest BCUT2D eigenvalue weighted by atomic mass is 16.3. The number of rotatable bonds is 5. The Morgan fingerprint density at radius 1 is 1.47 bits per heavy atom. The average molecular weight is 264 g/mol. The molecule has 0 radical (unpaired) electrons. The number of hydrogen-bond acceptors (Lipinski definition) is 3. The van der Waals surface area contributed by atoms with E-state index in [9.17, 15) is 9.90 Å². The maximum Gasteiger partial charge on any atom is 0.248 e. The van der Waals surface area contributed by atoms with Crippen LogP contribution in [0.25, 0.3) is 0 Å². The lowest BCUT2D eigenvalue weighted by Gasteiger charge is -2.27. The Bertz CT molecular complexity index is 467. The minimum atomic E-state index is -0.298. The first-order chi connectivity index (χ1) is 9.06. The summed E-state index contributed by atoms with van der Waals surface area (Å²) in [4.78, 5) is 14.2. The largest absolute Gasteiger partial charge is 0.392 e. The van der Waals surface area contributed by atoms with Crippen molar-refractivity contribution in [2.75, 3.05) is 6.54 Å². The van der Waals surface area contributed by atoms with E-state index >= 15 is 0 Å². The van der Waals surface area contributed by atoms with Crippen molar-refractivity contribution in [3.8, 4) is 0 Å². The van der Waals surface area contributed by atoms with Crippen LogP contribution in [0.5, 0.6) is 0 Å². The summed E-state index contributed by atoms with van der Waals surface area (Å²) in [5.74, 6) is 0.506. The molecule has 0 aliphatic heterocycles. The molecule has 0 amide bonds. The lowest BCUT2D eigenvalue weighted by Crippen LogP contribution is -2.33. The van der Waals surface area contributed by atoms with Gasteiger partial charge in [0.2, 0.25) is 5.56 Å². The van der Waals surface area contributed by atoms with E-state index in [2.05, 4.69) is 24.1 Å². The fourth-order valence-electron chi connectivity index (χ4n) is 2.82. The third kappa shape index (κ3) is 3.91. The van der Waals surface area contributed by atoms with Crippen molar-refractivity contribution in [1.82, 2.24) is 10.3 Å². The van der Waals surface area contributed by atoms with E-state index in [-0.39, 0.29) is 17.7 Å². The third-order valence-corrected chi connectivity index (χ3v) is 3.68. The molecular formula is C15H24N2O2. The Balaban J connectivity index is 1.98. The monoisotopic (exact) mass is 264 g/mol. The van der Waals surface area contributed by atoms with Gasteiger partial charge in [0.15, 0.2) is 0 Å². The molecule has 1 aliphatic carbocycles. The first kappa shape index (κ1) is 14.3. The molecule has 2 atom stereocenters. The Kier molecular flexibility index (Phi) is 4.77. The van der Waals surface area contributed by atoms with Crippen LogP contribution in [0, 0.1) is 5.92 Å². The molecule has 4 nitrogen and oxygen atoms in total. The van der Waals surface area contributed by atoms with Gasteiger partial charge < -0.3 is 15.4 Å². The molecule has 0 saturated heterocycles. The van der Waals surface area contributed by atoms with Crippen molar-refractivity contribution >= 4 is 0 Å². The predicted molar refractivity (Wildman–Crippen MR) is 76.2 cm³/mol. The zero-order valence-electron chi connectivity index (χ0n) is 11.8. The third-order valence-electron chi connectivity index (χ3n) is 3.68. The number of hydrogen-bond donors (Lipinski definition) is 3. The lowest BCUT2D eigenvalue weighted by molar-refractivity contribution is 0.141. The molecule has 3 N–H and O–H groups in total. The Morgan fingerprint density at radius 3 is 3.00 bits per heavy atom. The number of aromatic nitrogens is 1. The van der Waals surface area contributed by atoms with E-state index in [1.165, 1.54) is 5.56 Å². The van der Waals surface area contributed by atoms with Crippen LogP contribution in [-0.4, -0.2) is 22.7 Å². The minimum Gasteiger partial charge on any atom is -0.392 e. The van der Waals surface area contributed by atoms with Gasteiger partial charge in [-0.15, -0.1) is 0 Å². The van der Waals surface area contributed by atoms with Crippen LogP contribution >= 0.6 is 0 Å². The number of aromatic amines is 1. The Labute approximate surface area is 114 Å². The molecule has 106 valence electrons. The van der Waals surface area contributed by atoms with E-state index in [1.54, 1.807) is 6.07 Å². The fourth-order valence-corrected chi connectivity index (χ4v) is 2.82. The smallest absolute Gasteiger partial charge is 0.248 e. The summed E-state index contributed by atoms with van der Waals surface area (Å²) in [7, 11) is 0. The molecule has 1 aliphatic rings. The van der Waals surface area contributed by atoms with Crippen molar-refractivity contribution in [2.45, 2.75) is 51.7 Å². The molecule has 2 rings (SSSR count). The van der Waals surface area contributed by atoms with Crippen LogP contribution in [0.2, 0.25) is 0 Å². The molecule has 1 heterocycles. The summed E-state index contributed by atoms with van der Waals surface area (Å²) in [6.45, 7) is 4.84.